The van der Waals surface area contributed by atoms with Crippen LogP contribution in [0.25, 0.3) is 0 Å². The minimum Gasteiger partial charge on any atom is -0.460 e. The first-order chi connectivity index (χ1) is 15.0. The molecule has 0 spiro atoms. The molecule has 0 aliphatic heterocycles. The maximum Gasteiger partial charge on any atom is 0.374 e. The average molecular weight is 483 g/mol. The van der Waals surface area contributed by atoms with E-state index in [1.807, 2.05) is 27.7 Å². The van der Waals surface area contributed by atoms with Gasteiger partial charge in [0.25, 0.3) is 0 Å². The SMILES string of the molecule is CCCOC(=O)C(=O)[C@H]1C(C)C[C@H]2[C@@H]3C(Cl)CC4=CC(=O)C(Cl)=C[C@]4(C)[C@H]3C(O)C[C@]12C. The van der Waals surface area contributed by atoms with Crippen LogP contribution in [0.1, 0.15) is 53.4 Å². The molecule has 0 heterocycles. The molecule has 0 radical (unpaired) electrons. The van der Waals surface area contributed by atoms with Crippen LogP contribution < -0.4 is 0 Å². The van der Waals surface area contributed by atoms with Crippen LogP contribution in [-0.4, -0.2) is 40.7 Å². The van der Waals surface area contributed by atoms with Crippen LogP contribution >= 0.6 is 23.2 Å². The van der Waals surface area contributed by atoms with Gasteiger partial charge >= 0.3 is 5.97 Å². The first-order valence-electron chi connectivity index (χ1n) is 11.6. The van der Waals surface area contributed by atoms with Crippen molar-refractivity contribution in [2.45, 2.75) is 64.9 Å². The van der Waals surface area contributed by atoms with E-state index in [1.54, 1.807) is 12.2 Å². The monoisotopic (exact) mass is 482 g/mol. The number of Topliss-reactive ketones (excluding diaryl/α,β-unsaturated/α-hetero) is 1. The average Bonchev–Trinajstić information content (AvgIpc) is 2.97. The van der Waals surface area contributed by atoms with Gasteiger partial charge in [0.2, 0.25) is 5.78 Å². The van der Waals surface area contributed by atoms with Crippen LogP contribution in [0.4, 0.5) is 0 Å². The number of allylic oxidation sites excluding steroid dienone is 4. The molecular weight excluding hydrogens is 451 g/mol. The van der Waals surface area contributed by atoms with Crippen molar-refractivity contribution in [2.24, 2.45) is 40.4 Å². The number of esters is 1. The summed E-state index contributed by atoms with van der Waals surface area (Å²) in [5.41, 5.74) is -0.198. The van der Waals surface area contributed by atoms with Gasteiger partial charge < -0.3 is 9.84 Å². The fourth-order valence-corrected chi connectivity index (χ4v) is 8.40. The molecule has 0 saturated heterocycles. The quantitative estimate of drug-likeness (QED) is 0.364. The van der Waals surface area contributed by atoms with E-state index < -0.39 is 34.6 Å². The molecule has 4 aliphatic carbocycles. The third-order valence-corrected chi connectivity index (χ3v) is 9.54. The van der Waals surface area contributed by atoms with Crippen LogP contribution in [0.5, 0.6) is 0 Å². The molecule has 5 nitrogen and oxygen atoms in total. The number of aliphatic hydroxyl groups excluding tert-OH is 1. The molecule has 0 aromatic rings. The van der Waals surface area contributed by atoms with Gasteiger partial charge in [0.05, 0.1) is 17.7 Å². The van der Waals surface area contributed by atoms with Gasteiger partial charge in [-0.25, -0.2) is 4.79 Å². The Bertz CT molecular complexity index is 910. The van der Waals surface area contributed by atoms with Gasteiger partial charge in [-0.3, -0.25) is 9.59 Å². The number of hydrogen-bond acceptors (Lipinski definition) is 5. The zero-order valence-electron chi connectivity index (χ0n) is 19.1. The number of ketones is 2. The molecule has 7 heteroatoms. The van der Waals surface area contributed by atoms with Gasteiger partial charge in [-0.15, -0.1) is 11.6 Å². The predicted molar refractivity (Wildman–Crippen MR) is 122 cm³/mol. The zero-order valence-corrected chi connectivity index (χ0v) is 20.6. The van der Waals surface area contributed by atoms with Crippen LogP contribution in [0.15, 0.2) is 22.8 Å². The third kappa shape index (κ3) is 3.42. The van der Waals surface area contributed by atoms with Crippen molar-refractivity contribution in [1.82, 2.24) is 0 Å². The summed E-state index contributed by atoms with van der Waals surface area (Å²) in [5, 5.41) is 11.4. The first-order valence-corrected chi connectivity index (χ1v) is 12.4. The summed E-state index contributed by atoms with van der Waals surface area (Å²) in [7, 11) is 0. The van der Waals surface area contributed by atoms with E-state index in [0.29, 0.717) is 19.3 Å². The number of carbonyl (C=O) groups is 3. The maximum absolute atomic E-state index is 13.2. The summed E-state index contributed by atoms with van der Waals surface area (Å²) in [6.45, 7) is 8.18. The van der Waals surface area contributed by atoms with E-state index in [2.05, 4.69) is 0 Å². The fraction of sp³-hybridized carbons (Fsp3) is 0.720. The number of aliphatic hydroxyl groups is 1. The van der Waals surface area contributed by atoms with Crippen LogP contribution in [0, 0.1) is 40.4 Å². The van der Waals surface area contributed by atoms with Crippen molar-refractivity contribution in [2.75, 3.05) is 6.61 Å². The number of hydrogen-bond donors (Lipinski definition) is 1. The second-order valence-electron chi connectivity index (χ2n) is 10.7. The molecule has 32 heavy (non-hydrogen) atoms. The van der Waals surface area contributed by atoms with Gasteiger partial charge in [0.15, 0.2) is 5.78 Å². The standard InChI is InChI=1S/C25H32Cl2O5/c1-5-6-32-23(31)22(30)20-12(2)7-14-19-15(26)8-13-9-17(28)16(27)10-24(13,3)21(19)18(29)11-25(14,20)4/h9-10,12,14-15,18-21,29H,5-8,11H2,1-4H3/t12?,14-,15?,18?,19+,20+,21-,24-,25-/m0/s1. The van der Waals surface area contributed by atoms with Gasteiger partial charge in [0, 0.05) is 22.6 Å². The molecule has 3 saturated carbocycles. The summed E-state index contributed by atoms with van der Waals surface area (Å²) >= 11 is 13.2. The minimum absolute atomic E-state index is 0.0155. The van der Waals surface area contributed by atoms with Crippen molar-refractivity contribution in [3.8, 4) is 0 Å². The van der Waals surface area contributed by atoms with E-state index >= 15 is 0 Å². The van der Waals surface area contributed by atoms with Gasteiger partial charge in [-0.2, -0.15) is 0 Å². The van der Waals surface area contributed by atoms with Gasteiger partial charge in [-0.1, -0.05) is 50.9 Å². The number of alkyl halides is 1. The van der Waals surface area contributed by atoms with Crippen molar-refractivity contribution < 1.29 is 24.2 Å². The van der Waals surface area contributed by atoms with Gasteiger partial charge in [0.1, 0.15) is 0 Å². The largest absolute Gasteiger partial charge is 0.460 e. The first kappa shape index (κ1) is 24.0. The van der Waals surface area contributed by atoms with Crippen molar-refractivity contribution in [1.29, 1.82) is 0 Å². The van der Waals surface area contributed by atoms with E-state index in [9.17, 15) is 19.5 Å². The highest BCUT2D eigenvalue weighted by molar-refractivity contribution is 6.44. The van der Waals surface area contributed by atoms with E-state index in [1.165, 1.54) is 0 Å². The Balaban J connectivity index is 1.72. The number of rotatable bonds is 4. The number of fused-ring (bicyclic) bond motifs is 5. The Morgan fingerprint density at radius 2 is 2.00 bits per heavy atom. The van der Waals surface area contributed by atoms with E-state index in [4.69, 9.17) is 27.9 Å². The highest BCUT2D eigenvalue weighted by Crippen LogP contribution is 2.68. The summed E-state index contributed by atoms with van der Waals surface area (Å²) in [4.78, 5) is 37.9. The molecular formula is C25H32Cl2O5. The summed E-state index contributed by atoms with van der Waals surface area (Å²) in [5.74, 6) is -2.20. The number of carbonyl (C=O) groups excluding carboxylic acids is 3. The Labute approximate surface area is 199 Å². The van der Waals surface area contributed by atoms with Crippen molar-refractivity contribution in [3.63, 3.8) is 0 Å². The molecule has 0 bridgehead atoms. The lowest BCUT2D eigenvalue weighted by Crippen LogP contribution is -2.59. The fourth-order valence-electron chi connectivity index (χ4n) is 7.62. The lowest BCUT2D eigenvalue weighted by molar-refractivity contribution is -0.161. The van der Waals surface area contributed by atoms with Crippen LogP contribution in [0.3, 0.4) is 0 Å². The molecule has 4 rings (SSSR count). The second-order valence-corrected chi connectivity index (χ2v) is 11.7. The highest BCUT2D eigenvalue weighted by Gasteiger charge is 2.66. The normalized spacial score (nSPS) is 45.2. The Morgan fingerprint density at radius 3 is 2.66 bits per heavy atom. The topological polar surface area (TPSA) is 80.7 Å². The Hall–Kier alpha value is -1.17. The molecule has 0 amide bonds. The number of halogens is 2. The molecule has 9 atom stereocenters. The molecule has 0 aromatic carbocycles. The Morgan fingerprint density at radius 1 is 1.31 bits per heavy atom. The predicted octanol–water partition coefficient (Wildman–Crippen LogP) is 4.43. The number of ether oxygens (including phenoxy) is 1. The molecule has 176 valence electrons. The Kier molecular flexibility index (Phi) is 6.18. The molecule has 3 fully saturated rings. The summed E-state index contributed by atoms with van der Waals surface area (Å²) in [6.07, 6.45) is 4.99. The van der Waals surface area contributed by atoms with Crippen LogP contribution in [-0.2, 0) is 19.1 Å². The van der Waals surface area contributed by atoms with E-state index in [-0.39, 0.29) is 46.5 Å². The highest BCUT2D eigenvalue weighted by atomic mass is 35.5. The van der Waals surface area contributed by atoms with E-state index in [0.717, 1.165) is 12.0 Å². The molecule has 3 unspecified atom stereocenters. The molecule has 4 aliphatic rings. The maximum atomic E-state index is 13.2. The summed E-state index contributed by atoms with van der Waals surface area (Å²) in [6, 6.07) is 0. The van der Waals surface area contributed by atoms with Gasteiger partial charge in [-0.05, 0) is 54.9 Å². The molecule has 0 aromatic heterocycles. The lowest BCUT2D eigenvalue weighted by Gasteiger charge is -2.60. The third-order valence-electron chi connectivity index (χ3n) is 8.80. The second kappa shape index (κ2) is 8.25. The zero-order chi connectivity index (χ0) is 23.6. The summed E-state index contributed by atoms with van der Waals surface area (Å²) < 4.78 is 5.16. The van der Waals surface area contributed by atoms with Crippen LogP contribution in [0.2, 0.25) is 0 Å². The molecule has 1 N–H and O–H groups in total. The lowest BCUT2D eigenvalue weighted by atomic mass is 9.46. The smallest absolute Gasteiger partial charge is 0.374 e. The minimum atomic E-state index is -0.772. The van der Waals surface area contributed by atoms with Crippen molar-refractivity contribution in [3.05, 3.63) is 22.8 Å². The van der Waals surface area contributed by atoms with Crippen molar-refractivity contribution >= 4 is 40.7 Å².